The van der Waals surface area contributed by atoms with Crippen molar-refractivity contribution in [1.29, 1.82) is 0 Å². The maximum atomic E-state index is 12.1. The number of amides is 2. The predicted octanol–water partition coefficient (Wildman–Crippen LogP) is 3.03. The number of carbonyl (C=O) groups excluding carboxylic acids is 2. The fourth-order valence-corrected chi connectivity index (χ4v) is 5.61. The van der Waals surface area contributed by atoms with Crippen molar-refractivity contribution in [3.8, 4) is 18.4 Å². The molecular formula is C30H33ClN6O3. The molecule has 2 aromatic carbocycles. The minimum Gasteiger partial charge on any atom is -0.463 e. The lowest BCUT2D eigenvalue weighted by molar-refractivity contribution is -0.129. The van der Waals surface area contributed by atoms with E-state index in [9.17, 15) is 9.59 Å². The first-order valence-corrected chi connectivity index (χ1v) is 13.9. The molecule has 0 spiro atoms. The Morgan fingerprint density at radius 2 is 1.73 bits per heavy atom. The Morgan fingerprint density at radius 3 is 2.45 bits per heavy atom. The minimum atomic E-state index is -0.292. The van der Waals surface area contributed by atoms with Gasteiger partial charge in [0.2, 0.25) is 5.91 Å². The van der Waals surface area contributed by atoms with E-state index in [4.69, 9.17) is 32.7 Å². The van der Waals surface area contributed by atoms with Gasteiger partial charge in [-0.1, -0.05) is 35.9 Å². The molecule has 0 N–H and O–H groups in total. The molecule has 3 aromatic rings. The lowest BCUT2D eigenvalue weighted by atomic mass is 10.1. The molecule has 1 saturated heterocycles. The molecule has 0 atom stereocenters. The summed E-state index contributed by atoms with van der Waals surface area (Å²) in [4.78, 5) is 41.5. The van der Waals surface area contributed by atoms with Gasteiger partial charge in [0.25, 0.3) is 5.91 Å². The topological polar surface area (TPSA) is 82.1 Å². The van der Waals surface area contributed by atoms with Crippen molar-refractivity contribution in [1.82, 2.24) is 19.8 Å². The van der Waals surface area contributed by atoms with Crippen LogP contribution >= 0.6 is 11.6 Å². The number of aromatic nitrogens is 2. The molecule has 208 valence electrons. The zero-order valence-electron chi connectivity index (χ0n) is 22.9. The third-order valence-corrected chi connectivity index (χ3v) is 7.82. The van der Waals surface area contributed by atoms with Crippen molar-refractivity contribution in [3.63, 3.8) is 0 Å². The Kier molecular flexibility index (Phi) is 8.27. The van der Waals surface area contributed by atoms with E-state index < -0.39 is 0 Å². The molecule has 3 heterocycles. The molecule has 1 fully saturated rings. The molecule has 1 aromatic heterocycles. The van der Waals surface area contributed by atoms with Crippen LogP contribution in [0.1, 0.15) is 17.7 Å². The zero-order chi connectivity index (χ0) is 28.2. The maximum Gasteiger partial charge on any atom is 0.318 e. The molecule has 0 radical (unpaired) electrons. The molecule has 0 aliphatic carbocycles. The average Bonchev–Trinajstić information content (AvgIpc) is 3.19. The Morgan fingerprint density at radius 1 is 1.00 bits per heavy atom. The molecule has 9 nitrogen and oxygen atoms in total. The van der Waals surface area contributed by atoms with Crippen LogP contribution in [0.2, 0.25) is 5.02 Å². The summed E-state index contributed by atoms with van der Waals surface area (Å²) in [6.07, 6.45) is 7.02. The molecule has 0 bridgehead atoms. The number of hydrogen-bond donors (Lipinski definition) is 0. The van der Waals surface area contributed by atoms with Crippen LogP contribution in [0.3, 0.4) is 0 Å². The van der Waals surface area contributed by atoms with E-state index in [0.29, 0.717) is 32.6 Å². The van der Waals surface area contributed by atoms with Crippen LogP contribution in [0.15, 0.2) is 36.4 Å². The van der Waals surface area contributed by atoms with Gasteiger partial charge < -0.3 is 24.3 Å². The van der Waals surface area contributed by atoms with E-state index in [1.165, 1.54) is 4.90 Å². The van der Waals surface area contributed by atoms with Crippen LogP contribution in [-0.4, -0.2) is 91.6 Å². The summed E-state index contributed by atoms with van der Waals surface area (Å²) in [5.74, 6) is 2.72. The molecule has 2 aliphatic heterocycles. The van der Waals surface area contributed by atoms with Crippen LogP contribution < -0.4 is 14.5 Å². The summed E-state index contributed by atoms with van der Waals surface area (Å²) in [6.45, 7) is 4.00. The maximum absolute atomic E-state index is 12.1. The first-order valence-electron chi connectivity index (χ1n) is 13.5. The first kappa shape index (κ1) is 27.5. The zero-order valence-corrected chi connectivity index (χ0v) is 23.7. The second-order valence-electron chi connectivity index (χ2n) is 10.2. The standard InChI is InChI=1S/C30H33ClN6O3/c1-4-26(38)36-16-18-37(19-17-36)29-22-11-14-35(25-10-6-8-21-7-5-9-23(31)28(21)25)15-12-24(22)32-30(33-29)40-20-13-27(39)34(2)3/h1,5-10H,11-20H2,2-3H3. The largest absolute Gasteiger partial charge is 0.463 e. The van der Waals surface area contributed by atoms with Crippen LogP contribution in [0.25, 0.3) is 10.8 Å². The number of piperazine rings is 1. The van der Waals surface area contributed by atoms with E-state index in [1.54, 1.807) is 19.0 Å². The number of benzene rings is 2. The normalized spacial score (nSPS) is 15.3. The predicted molar refractivity (Wildman–Crippen MR) is 157 cm³/mol. The molecule has 0 saturated carbocycles. The van der Waals surface area contributed by atoms with Gasteiger partial charge in [0, 0.05) is 76.4 Å². The van der Waals surface area contributed by atoms with Gasteiger partial charge in [0.1, 0.15) is 12.4 Å². The monoisotopic (exact) mass is 560 g/mol. The fraction of sp³-hybridized carbons (Fsp3) is 0.400. The van der Waals surface area contributed by atoms with Gasteiger partial charge >= 0.3 is 6.01 Å². The van der Waals surface area contributed by atoms with Crippen LogP contribution in [-0.2, 0) is 22.4 Å². The number of hydrogen-bond acceptors (Lipinski definition) is 7. The summed E-state index contributed by atoms with van der Waals surface area (Å²) in [7, 11) is 3.44. The Balaban J connectivity index is 1.43. The summed E-state index contributed by atoms with van der Waals surface area (Å²) >= 11 is 6.65. The van der Waals surface area contributed by atoms with Crippen molar-refractivity contribution < 1.29 is 14.3 Å². The Labute approximate surface area is 239 Å². The average molecular weight is 561 g/mol. The molecular weight excluding hydrogens is 528 g/mol. The van der Waals surface area contributed by atoms with E-state index in [2.05, 4.69) is 40.0 Å². The molecule has 2 aliphatic rings. The molecule has 10 heteroatoms. The van der Waals surface area contributed by atoms with Crippen molar-refractivity contribution in [3.05, 3.63) is 52.7 Å². The quantitative estimate of drug-likeness (QED) is 0.429. The minimum absolute atomic E-state index is 0.0197. The van der Waals surface area contributed by atoms with E-state index >= 15 is 0 Å². The van der Waals surface area contributed by atoms with E-state index in [1.807, 2.05) is 12.1 Å². The second kappa shape index (κ2) is 12.0. The Hall–Kier alpha value is -4.03. The number of rotatable bonds is 6. The lowest BCUT2D eigenvalue weighted by Crippen LogP contribution is -2.49. The number of nitrogens with zero attached hydrogens (tertiary/aromatic N) is 6. The van der Waals surface area contributed by atoms with Crippen molar-refractivity contribution >= 4 is 45.7 Å². The fourth-order valence-electron chi connectivity index (χ4n) is 5.33. The highest BCUT2D eigenvalue weighted by atomic mass is 35.5. The summed E-state index contributed by atoms with van der Waals surface area (Å²) in [5, 5.41) is 2.89. The van der Waals surface area contributed by atoms with Crippen LogP contribution in [0.5, 0.6) is 6.01 Å². The summed E-state index contributed by atoms with van der Waals surface area (Å²) < 4.78 is 5.91. The van der Waals surface area contributed by atoms with E-state index in [0.717, 1.165) is 58.1 Å². The van der Waals surface area contributed by atoms with Crippen LogP contribution in [0, 0.1) is 12.3 Å². The smallest absolute Gasteiger partial charge is 0.318 e. The highest BCUT2D eigenvalue weighted by Crippen LogP contribution is 2.35. The number of ether oxygens (including phenoxy) is 1. The number of carbonyl (C=O) groups is 2. The number of terminal acetylenes is 1. The number of fused-ring (bicyclic) bond motifs is 2. The van der Waals surface area contributed by atoms with Gasteiger partial charge in [-0.05, 0) is 29.9 Å². The third-order valence-electron chi connectivity index (χ3n) is 7.51. The second-order valence-corrected chi connectivity index (χ2v) is 10.6. The van der Waals surface area contributed by atoms with Gasteiger partial charge in [-0.25, -0.2) is 0 Å². The van der Waals surface area contributed by atoms with Crippen molar-refractivity contribution in [2.24, 2.45) is 0 Å². The SMILES string of the molecule is C#CC(=O)N1CCN(c2nc(OCCC(=O)N(C)C)nc3c2CCN(c2cccc4cccc(Cl)c24)CC3)CC1. The van der Waals surface area contributed by atoms with E-state index in [-0.39, 0.29) is 30.9 Å². The van der Waals surface area contributed by atoms with Gasteiger partial charge in [0.05, 0.1) is 17.1 Å². The number of halogens is 1. The lowest BCUT2D eigenvalue weighted by Gasteiger charge is -2.35. The molecule has 40 heavy (non-hydrogen) atoms. The number of anilines is 2. The van der Waals surface area contributed by atoms with Gasteiger partial charge in [-0.15, -0.1) is 6.42 Å². The van der Waals surface area contributed by atoms with Crippen LogP contribution in [0.4, 0.5) is 11.5 Å². The Bertz CT molecular complexity index is 1460. The third kappa shape index (κ3) is 5.77. The van der Waals surface area contributed by atoms with Gasteiger partial charge in [-0.2, -0.15) is 9.97 Å². The molecule has 5 rings (SSSR count). The first-order chi connectivity index (χ1) is 19.4. The molecule has 2 amide bonds. The molecule has 0 unspecified atom stereocenters. The van der Waals surface area contributed by atoms with Crippen molar-refractivity contribution in [2.45, 2.75) is 19.3 Å². The van der Waals surface area contributed by atoms with Crippen molar-refractivity contribution in [2.75, 3.05) is 69.8 Å². The summed E-state index contributed by atoms with van der Waals surface area (Å²) in [5.41, 5.74) is 3.13. The van der Waals surface area contributed by atoms with Gasteiger partial charge in [0.15, 0.2) is 0 Å². The highest BCUT2D eigenvalue weighted by molar-refractivity contribution is 6.36. The van der Waals surface area contributed by atoms with Gasteiger partial charge in [-0.3, -0.25) is 9.59 Å². The summed E-state index contributed by atoms with van der Waals surface area (Å²) in [6, 6.07) is 12.5. The highest BCUT2D eigenvalue weighted by Gasteiger charge is 2.28.